The molecule has 0 atom stereocenters. The van der Waals surface area contributed by atoms with E-state index in [0.29, 0.717) is 5.92 Å². The summed E-state index contributed by atoms with van der Waals surface area (Å²) >= 11 is 1.74. The van der Waals surface area contributed by atoms with Crippen LogP contribution in [0.2, 0.25) is 0 Å². The smallest absolute Gasteiger partial charge is 0.410 e. The molecule has 2 aromatic rings. The van der Waals surface area contributed by atoms with E-state index >= 15 is 0 Å². The number of benzene rings is 1. The van der Waals surface area contributed by atoms with Crippen molar-refractivity contribution in [3.63, 3.8) is 0 Å². The van der Waals surface area contributed by atoms with Crippen LogP contribution in [0.1, 0.15) is 57.7 Å². The molecule has 1 aliphatic heterocycles. The first kappa shape index (κ1) is 22.9. The van der Waals surface area contributed by atoms with Crippen LogP contribution < -0.4 is 5.32 Å². The fourth-order valence-corrected chi connectivity index (χ4v) is 5.20. The molecule has 6 nitrogen and oxygen atoms in total. The summed E-state index contributed by atoms with van der Waals surface area (Å²) in [5.41, 5.74) is 2.07. The van der Waals surface area contributed by atoms with Gasteiger partial charge in [0, 0.05) is 30.1 Å². The molecule has 1 saturated heterocycles. The molecular weight excluding hydrogens is 420 g/mol. The summed E-state index contributed by atoms with van der Waals surface area (Å²) in [5.74, 6) is 1.23. The van der Waals surface area contributed by atoms with Gasteiger partial charge in [-0.25, -0.2) is 14.8 Å². The number of amides is 1. The summed E-state index contributed by atoms with van der Waals surface area (Å²) in [6.45, 7) is 8.03. The Kier molecular flexibility index (Phi) is 7.23. The topological polar surface area (TPSA) is 67.3 Å². The van der Waals surface area contributed by atoms with Crippen molar-refractivity contribution in [1.82, 2.24) is 14.9 Å². The van der Waals surface area contributed by atoms with Crippen LogP contribution in [0.15, 0.2) is 40.3 Å². The highest BCUT2D eigenvalue weighted by molar-refractivity contribution is 7.99. The zero-order valence-electron chi connectivity index (χ0n) is 19.4. The molecule has 1 aromatic carbocycles. The molecule has 1 amide bonds. The Hall–Kier alpha value is -2.28. The number of carbonyl (C=O) groups is 1. The number of hydrogen-bond donors (Lipinski definition) is 1. The lowest BCUT2D eigenvalue weighted by Gasteiger charge is -2.33. The van der Waals surface area contributed by atoms with Gasteiger partial charge in [0.15, 0.2) is 0 Å². The quantitative estimate of drug-likeness (QED) is 0.596. The van der Waals surface area contributed by atoms with Crippen LogP contribution in [0.3, 0.4) is 0 Å². The Bertz CT molecular complexity index is 922. The summed E-state index contributed by atoms with van der Waals surface area (Å²) < 4.78 is 5.51. The maximum Gasteiger partial charge on any atom is 0.410 e. The SMILES string of the molecule is CC(C)(C)OC(=O)N1CCC(CNc2nc3c(c(Sc4ccccc4)n2)CCCC3)CC1. The minimum Gasteiger partial charge on any atom is -0.444 e. The number of nitrogens with zero attached hydrogens (tertiary/aromatic N) is 3. The van der Waals surface area contributed by atoms with Crippen molar-refractivity contribution in [3.05, 3.63) is 41.6 Å². The zero-order valence-corrected chi connectivity index (χ0v) is 20.2. The number of fused-ring (bicyclic) bond motifs is 1. The second-order valence-electron chi connectivity index (χ2n) is 9.69. The first-order valence-electron chi connectivity index (χ1n) is 11.7. The fourth-order valence-electron chi connectivity index (χ4n) is 4.21. The van der Waals surface area contributed by atoms with E-state index in [0.717, 1.165) is 56.3 Å². The number of rotatable bonds is 5. The van der Waals surface area contributed by atoms with Crippen LogP contribution in [0.4, 0.5) is 10.7 Å². The number of ether oxygens (including phenoxy) is 1. The Morgan fingerprint density at radius 2 is 1.84 bits per heavy atom. The van der Waals surface area contributed by atoms with Gasteiger partial charge in [0.2, 0.25) is 5.95 Å². The van der Waals surface area contributed by atoms with E-state index in [1.165, 1.54) is 29.0 Å². The number of piperidine rings is 1. The number of likely N-dealkylation sites (tertiary alicyclic amines) is 1. The number of hydrogen-bond acceptors (Lipinski definition) is 6. The van der Waals surface area contributed by atoms with Gasteiger partial charge < -0.3 is 15.0 Å². The average Bonchev–Trinajstić information content (AvgIpc) is 2.77. The molecule has 32 heavy (non-hydrogen) atoms. The van der Waals surface area contributed by atoms with E-state index in [1.54, 1.807) is 11.8 Å². The minimum atomic E-state index is -0.450. The normalized spacial score (nSPS) is 17.0. The number of nitrogens with one attached hydrogen (secondary N) is 1. The van der Waals surface area contributed by atoms with Crippen molar-refractivity contribution < 1.29 is 9.53 Å². The van der Waals surface area contributed by atoms with E-state index in [4.69, 9.17) is 14.7 Å². The number of carbonyl (C=O) groups excluding carboxylic acids is 1. The summed E-state index contributed by atoms with van der Waals surface area (Å²) in [4.78, 5) is 25.1. The van der Waals surface area contributed by atoms with Crippen LogP contribution in [0.5, 0.6) is 0 Å². The summed E-state index contributed by atoms with van der Waals surface area (Å²) in [5, 5.41) is 4.59. The highest BCUT2D eigenvalue weighted by atomic mass is 32.2. The van der Waals surface area contributed by atoms with Gasteiger partial charge in [-0.2, -0.15) is 0 Å². The standard InChI is InChI=1S/C25H34N4O2S/c1-25(2,3)31-24(30)29-15-13-18(14-16-29)17-26-23-27-21-12-8-7-11-20(21)22(28-23)32-19-9-5-4-6-10-19/h4-6,9-10,18H,7-8,11-17H2,1-3H3,(H,26,27,28). The van der Waals surface area contributed by atoms with Gasteiger partial charge in [-0.15, -0.1) is 0 Å². The van der Waals surface area contributed by atoms with Crippen molar-refractivity contribution in [2.45, 2.75) is 74.8 Å². The van der Waals surface area contributed by atoms with Gasteiger partial charge in [0.25, 0.3) is 0 Å². The maximum atomic E-state index is 12.3. The number of aryl methyl sites for hydroxylation is 1. The predicted octanol–water partition coefficient (Wildman–Crippen LogP) is 5.57. The Morgan fingerprint density at radius 3 is 2.56 bits per heavy atom. The molecule has 0 radical (unpaired) electrons. The lowest BCUT2D eigenvalue weighted by molar-refractivity contribution is 0.0188. The highest BCUT2D eigenvalue weighted by Gasteiger charge is 2.27. The Balaban J connectivity index is 1.36. The van der Waals surface area contributed by atoms with Crippen LogP contribution in [0, 0.1) is 5.92 Å². The van der Waals surface area contributed by atoms with Gasteiger partial charge in [-0.1, -0.05) is 30.0 Å². The van der Waals surface area contributed by atoms with Crippen LogP contribution in [0.25, 0.3) is 0 Å². The van der Waals surface area contributed by atoms with E-state index in [9.17, 15) is 4.79 Å². The van der Waals surface area contributed by atoms with Gasteiger partial charge in [-0.05, 0) is 77.3 Å². The van der Waals surface area contributed by atoms with Crippen molar-refractivity contribution in [1.29, 1.82) is 0 Å². The van der Waals surface area contributed by atoms with Crippen molar-refractivity contribution in [2.24, 2.45) is 5.92 Å². The molecule has 4 rings (SSSR count). The van der Waals surface area contributed by atoms with E-state index in [1.807, 2.05) is 31.7 Å². The highest BCUT2D eigenvalue weighted by Crippen LogP contribution is 2.34. The van der Waals surface area contributed by atoms with Gasteiger partial charge in [0.05, 0.1) is 5.69 Å². The second-order valence-corrected chi connectivity index (χ2v) is 10.8. The molecule has 1 N–H and O–H groups in total. The van der Waals surface area contributed by atoms with Gasteiger partial charge in [-0.3, -0.25) is 0 Å². The lowest BCUT2D eigenvalue weighted by atomic mass is 9.97. The fraction of sp³-hybridized carbons (Fsp3) is 0.560. The van der Waals surface area contributed by atoms with E-state index < -0.39 is 5.60 Å². The third kappa shape index (κ3) is 6.15. The summed E-state index contributed by atoms with van der Waals surface area (Å²) in [6.07, 6.45) is 6.22. The first-order valence-corrected chi connectivity index (χ1v) is 12.5. The number of aromatic nitrogens is 2. The maximum absolute atomic E-state index is 12.3. The molecule has 1 aliphatic carbocycles. The molecule has 2 heterocycles. The van der Waals surface area contributed by atoms with Crippen LogP contribution >= 0.6 is 11.8 Å². The van der Waals surface area contributed by atoms with Crippen molar-refractivity contribution in [2.75, 3.05) is 25.0 Å². The molecule has 0 unspecified atom stereocenters. The monoisotopic (exact) mass is 454 g/mol. The third-order valence-corrected chi connectivity index (χ3v) is 6.96. The molecule has 0 bridgehead atoms. The largest absolute Gasteiger partial charge is 0.444 e. The van der Waals surface area contributed by atoms with E-state index in [2.05, 4.69) is 29.6 Å². The molecule has 1 fully saturated rings. The third-order valence-electron chi connectivity index (χ3n) is 5.92. The molecular formula is C25H34N4O2S. The summed E-state index contributed by atoms with van der Waals surface area (Å²) in [6, 6.07) is 10.4. The average molecular weight is 455 g/mol. The first-order chi connectivity index (χ1) is 15.4. The molecule has 1 aromatic heterocycles. The van der Waals surface area contributed by atoms with Crippen LogP contribution in [-0.2, 0) is 17.6 Å². The summed E-state index contributed by atoms with van der Waals surface area (Å²) in [7, 11) is 0. The minimum absolute atomic E-state index is 0.204. The Morgan fingerprint density at radius 1 is 1.12 bits per heavy atom. The molecule has 172 valence electrons. The van der Waals surface area contributed by atoms with Gasteiger partial charge in [0.1, 0.15) is 10.6 Å². The van der Waals surface area contributed by atoms with Crippen LogP contribution in [-0.4, -0.2) is 46.2 Å². The Labute approximate surface area is 195 Å². The number of anilines is 1. The molecule has 0 saturated carbocycles. The molecule has 7 heteroatoms. The lowest BCUT2D eigenvalue weighted by Crippen LogP contribution is -2.42. The van der Waals surface area contributed by atoms with Crippen molar-refractivity contribution in [3.8, 4) is 0 Å². The zero-order chi connectivity index (χ0) is 22.6. The molecule has 2 aliphatic rings. The van der Waals surface area contributed by atoms with Crippen molar-refractivity contribution >= 4 is 23.8 Å². The predicted molar refractivity (Wildman–Crippen MR) is 128 cm³/mol. The second kappa shape index (κ2) is 10.1. The van der Waals surface area contributed by atoms with Gasteiger partial charge >= 0.3 is 6.09 Å². The van der Waals surface area contributed by atoms with E-state index in [-0.39, 0.29) is 6.09 Å². The molecule has 0 spiro atoms.